The van der Waals surface area contributed by atoms with Crippen LogP contribution in [0.3, 0.4) is 0 Å². The van der Waals surface area contributed by atoms with E-state index in [1.54, 1.807) is 0 Å². The van der Waals surface area contributed by atoms with E-state index >= 15 is 0 Å². The minimum atomic E-state index is 0.200. The normalized spacial score (nSPS) is 18.6. The van der Waals surface area contributed by atoms with Crippen LogP contribution >= 0.6 is 0 Å². The predicted octanol–water partition coefficient (Wildman–Crippen LogP) is 0.278. The number of β-amino-alcohol motifs (C(OH)–C–C–N with tert-alkyl or cyclic N) is 1. The largest absolute Gasteiger partial charge is 0.395 e. The highest BCUT2D eigenvalue weighted by Gasteiger charge is 2.21. The van der Waals surface area contributed by atoms with Crippen molar-refractivity contribution in [1.82, 2.24) is 9.80 Å². The molecule has 1 heterocycles. The summed E-state index contributed by atoms with van der Waals surface area (Å²) in [6, 6.07) is 0. The topological polar surface area (TPSA) is 69.8 Å². The number of aliphatic hydroxyl groups excluding tert-OH is 1. The molecule has 0 radical (unpaired) electrons. The van der Waals surface area contributed by atoms with Gasteiger partial charge >= 0.3 is 0 Å². The minimum Gasteiger partial charge on any atom is -0.395 e. The summed E-state index contributed by atoms with van der Waals surface area (Å²) >= 11 is 0. The molecule has 0 aromatic carbocycles. The van der Waals surface area contributed by atoms with Crippen molar-refractivity contribution in [1.29, 1.82) is 0 Å². The van der Waals surface area contributed by atoms with E-state index in [4.69, 9.17) is 10.8 Å². The molecule has 5 heteroatoms. The summed E-state index contributed by atoms with van der Waals surface area (Å²) in [5.41, 5.74) is 5.58. The van der Waals surface area contributed by atoms with Gasteiger partial charge in [-0.25, -0.2) is 0 Å². The summed E-state index contributed by atoms with van der Waals surface area (Å²) in [7, 11) is 0. The zero-order valence-electron chi connectivity index (χ0n) is 12.2. The molecule has 0 saturated carbocycles. The lowest BCUT2D eigenvalue weighted by Gasteiger charge is -2.34. The minimum absolute atomic E-state index is 0.200. The van der Waals surface area contributed by atoms with Crippen LogP contribution < -0.4 is 5.73 Å². The number of hydrogen-bond donors (Lipinski definition) is 2. The first-order valence-corrected chi connectivity index (χ1v) is 7.52. The average Bonchev–Trinajstić information content (AvgIpc) is 2.44. The first kappa shape index (κ1) is 16.4. The molecule has 1 saturated heterocycles. The quantitative estimate of drug-likeness (QED) is 0.665. The maximum atomic E-state index is 12.1. The Labute approximate surface area is 116 Å². The lowest BCUT2D eigenvalue weighted by atomic mass is 9.96. The molecule has 1 aliphatic rings. The van der Waals surface area contributed by atoms with Crippen LogP contribution in [0, 0.1) is 5.92 Å². The maximum absolute atomic E-state index is 12.1. The van der Waals surface area contributed by atoms with E-state index in [2.05, 4.69) is 11.8 Å². The van der Waals surface area contributed by atoms with E-state index in [1.807, 2.05) is 4.90 Å². The summed E-state index contributed by atoms with van der Waals surface area (Å²) < 4.78 is 0. The van der Waals surface area contributed by atoms with Crippen molar-refractivity contribution >= 4 is 5.91 Å². The van der Waals surface area contributed by atoms with Gasteiger partial charge in [-0.1, -0.05) is 13.3 Å². The number of hydrogen-bond acceptors (Lipinski definition) is 4. The number of carbonyl (C=O) groups is 1. The monoisotopic (exact) mass is 271 g/mol. The molecular formula is C14H29N3O2. The van der Waals surface area contributed by atoms with Crippen molar-refractivity contribution < 1.29 is 9.90 Å². The van der Waals surface area contributed by atoms with Crippen molar-refractivity contribution in [3.63, 3.8) is 0 Å². The van der Waals surface area contributed by atoms with E-state index in [0.717, 1.165) is 52.0 Å². The van der Waals surface area contributed by atoms with Gasteiger partial charge in [0.15, 0.2) is 0 Å². The van der Waals surface area contributed by atoms with Gasteiger partial charge in [-0.2, -0.15) is 0 Å². The number of rotatable bonds is 8. The Morgan fingerprint density at radius 1 is 1.26 bits per heavy atom. The second kappa shape index (κ2) is 9.28. The molecule has 19 heavy (non-hydrogen) atoms. The third kappa shape index (κ3) is 5.89. The molecule has 1 unspecified atom stereocenters. The molecule has 0 aromatic rings. The molecule has 1 atom stereocenters. The lowest BCUT2D eigenvalue weighted by molar-refractivity contribution is -0.133. The maximum Gasteiger partial charge on any atom is 0.222 e. The molecule has 3 N–H and O–H groups in total. The van der Waals surface area contributed by atoms with Crippen LogP contribution in [0.4, 0.5) is 0 Å². The van der Waals surface area contributed by atoms with Gasteiger partial charge in [0.1, 0.15) is 0 Å². The number of nitrogens with two attached hydrogens (primary N) is 1. The summed E-state index contributed by atoms with van der Waals surface area (Å²) in [4.78, 5) is 16.3. The van der Waals surface area contributed by atoms with Crippen LogP contribution in [0.15, 0.2) is 0 Å². The highest BCUT2D eigenvalue weighted by Crippen LogP contribution is 2.16. The third-order valence-corrected chi connectivity index (χ3v) is 4.06. The first-order chi connectivity index (χ1) is 9.21. The Balaban J connectivity index is 2.23. The molecule has 0 spiro atoms. The zero-order valence-corrected chi connectivity index (χ0v) is 12.2. The van der Waals surface area contributed by atoms with Crippen molar-refractivity contribution in [3.05, 3.63) is 0 Å². The van der Waals surface area contributed by atoms with Gasteiger partial charge < -0.3 is 15.7 Å². The summed E-state index contributed by atoms with van der Waals surface area (Å²) in [6.45, 7) is 7.16. The first-order valence-electron chi connectivity index (χ1n) is 7.52. The molecule has 0 bridgehead atoms. The van der Waals surface area contributed by atoms with Gasteiger partial charge in [0, 0.05) is 39.1 Å². The smallest absolute Gasteiger partial charge is 0.222 e. The van der Waals surface area contributed by atoms with Crippen molar-refractivity contribution in [2.24, 2.45) is 11.7 Å². The number of amides is 1. The van der Waals surface area contributed by atoms with Crippen molar-refractivity contribution in [3.8, 4) is 0 Å². The summed E-state index contributed by atoms with van der Waals surface area (Å²) in [6.07, 6.45) is 3.74. The van der Waals surface area contributed by atoms with Gasteiger partial charge in [0.05, 0.1) is 6.61 Å². The van der Waals surface area contributed by atoms with Crippen LogP contribution in [0.1, 0.15) is 32.6 Å². The van der Waals surface area contributed by atoms with Crippen LogP contribution in [0.5, 0.6) is 0 Å². The molecule has 112 valence electrons. The summed E-state index contributed by atoms with van der Waals surface area (Å²) in [5.74, 6) is 0.865. The van der Waals surface area contributed by atoms with Gasteiger partial charge in [-0.05, 0) is 25.3 Å². The number of carbonyl (C=O) groups excluding carboxylic acids is 1. The fourth-order valence-corrected chi connectivity index (χ4v) is 2.64. The molecule has 0 aromatic heterocycles. The SMILES string of the molecule is CCC(CCN)CCC(=O)N1CCN(CCO)CC1. The molecular weight excluding hydrogens is 242 g/mol. The number of nitrogens with zero attached hydrogens (tertiary/aromatic N) is 2. The van der Waals surface area contributed by atoms with E-state index < -0.39 is 0 Å². The third-order valence-electron chi connectivity index (χ3n) is 4.06. The lowest BCUT2D eigenvalue weighted by Crippen LogP contribution is -2.49. The Kier molecular flexibility index (Phi) is 8.02. The fraction of sp³-hybridized carbons (Fsp3) is 0.929. The van der Waals surface area contributed by atoms with E-state index in [0.29, 0.717) is 18.9 Å². The highest BCUT2D eigenvalue weighted by atomic mass is 16.3. The molecule has 1 rings (SSSR count). The van der Waals surface area contributed by atoms with Crippen LogP contribution in [0.25, 0.3) is 0 Å². The zero-order chi connectivity index (χ0) is 14.1. The molecule has 0 aliphatic carbocycles. The van der Waals surface area contributed by atoms with Gasteiger partial charge in [0.25, 0.3) is 0 Å². The van der Waals surface area contributed by atoms with Gasteiger partial charge in [-0.15, -0.1) is 0 Å². The van der Waals surface area contributed by atoms with E-state index in [9.17, 15) is 4.79 Å². The predicted molar refractivity (Wildman–Crippen MR) is 76.8 cm³/mol. The average molecular weight is 271 g/mol. The van der Waals surface area contributed by atoms with Crippen molar-refractivity contribution in [2.75, 3.05) is 45.9 Å². The Bertz CT molecular complexity index is 253. The van der Waals surface area contributed by atoms with Crippen LogP contribution in [-0.4, -0.2) is 66.7 Å². The Morgan fingerprint density at radius 3 is 2.47 bits per heavy atom. The summed E-state index contributed by atoms with van der Waals surface area (Å²) in [5, 5.41) is 8.88. The standard InChI is InChI=1S/C14H29N3O2/c1-2-13(5-6-15)3-4-14(19)17-9-7-16(8-10-17)11-12-18/h13,18H,2-12,15H2,1H3. The van der Waals surface area contributed by atoms with E-state index in [-0.39, 0.29) is 12.5 Å². The molecule has 1 amide bonds. The Hall–Kier alpha value is -0.650. The Morgan fingerprint density at radius 2 is 1.95 bits per heavy atom. The molecule has 5 nitrogen and oxygen atoms in total. The number of aliphatic hydroxyl groups is 1. The second-order valence-corrected chi connectivity index (χ2v) is 5.34. The second-order valence-electron chi connectivity index (χ2n) is 5.34. The molecule has 1 fully saturated rings. The van der Waals surface area contributed by atoms with Crippen LogP contribution in [-0.2, 0) is 4.79 Å². The van der Waals surface area contributed by atoms with Gasteiger partial charge in [-0.3, -0.25) is 9.69 Å². The van der Waals surface area contributed by atoms with E-state index in [1.165, 1.54) is 0 Å². The van der Waals surface area contributed by atoms with Gasteiger partial charge in [0.2, 0.25) is 5.91 Å². The highest BCUT2D eigenvalue weighted by molar-refractivity contribution is 5.76. The fourth-order valence-electron chi connectivity index (χ4n) is 2.64. The van der Waals surface area contributed by atoms with Crippen LogP contribution in [0.2, 0.25) is 0 Å². The number of piperazine rings is 1. The van der Waals surface area contributed by atoms with Crippen molar-refractivity contribution in [2.45, 2.75) is 32.6 Å². The molecule has 1 aliphatic heterocycles.